The molecule has 0 aliphatic heterocycles. The topological polar surface area (TPSA) is 0 Å². The first-order valence-corrected chi connectivity index (χ1v) is 15.5. The van der Waals surface area contributed by atoms with E-state index in [2.05, 4.69) is 44.2 Å². The van der Waals surface area contributed by atoms with Crippen LogP contribution in [-0.4, -0.2) is 14.7 Å². The summed E-state index contributed by atoms with van der Waals surface area (Å²) in [5, 5.41) is 0. The van der Waals surface area contributed by atoms with Crippen LogP contribution in [0.15, 0.2) is 41.5 Å². The van der Waals surface area contributed by atoms with Crippen LogP contribution in [-0.2, 0) is 0 Å². The Labute approximate surface area is 177 Å². The summed E-state index contributed by atoms with van der Waals surface area (Å²) in [6, 6.07) is 11.6. The minimum absolute atomic E-state index is 0.815. The maximum atomic E-state index is 2.52. The van der Waals surface area contributed by atoms with Crippen LogP contribution in [0.25, 0.3) is 0 Å². The monoisotopic (exact) mass is 438 g/mol. The van der Waals surface area contributed by atoms with Gasteiger partial charge in [0.2, 0.25) is 0 Å². The van der Waals surface area contributed by atoms with Gasteiger partial charge in [-0.15, -0.1) is 0 Å². The summed E-state index contributed by atoms with van der Waals surface area (Å²) in [6.45, 7) is 5.00. The van der Waals surface area contributed by atoms with Crippen LogP contribution in [0.1, 0.15) is 96.0 Å². The Balaban J connectivity index is 1.48. The molecule has 2 bridgehead atoms. The van der Waals surface area contributed by atoms with Crippen molar-refractivity contribution in [1.82, 2.24) is 0 Å². The Hall–Kier alpha value is -0.482. The average molecular weight is 439 g/mol. The van der Waals surface area contributed by atoms with Crippen molar-refractivity contribution in [1.29, 1.82) is 0 Å². The fourth-order valence-corrected chi connectivity index (χ4v) is 17.8. The van der Waals surface area contributed by atoms with Gasteiger partial charge in [-0.2, -0.15) is 0 Å². The average Bonchev–Trinajstić information content (AvgIpc) is 3.25. The van der Waals surface area contributed by atoms with Gasteiger partial charge in [-0.1, -0.05) is 0 Å². The molecule has 28 heavy (non-hydrogen) atoms. The van der Waals surface area contributed by atoms with Crippen LogP contribution < -0.4 is 0 Å². The molecular weight excluding hydrogens is 399 g/mol. The van der Waals surface area contributed by atoms with E-state index in [0.29, 0.717) is 0 Å². The van der Waals surface area contributed by atoms with Gasteiger partial charge in [0.15, 0.2) is 0 Å². The Morgan fingerprint density at radius 1 is 0.679 bits per heavy atom. The second-order valence-corrected chi connectivity index (χ2v) is 16.6. The second kappa shape index (κ2) is 8.33. The number of allylic oxidation sites excluding steroid dienone is 2. The van der Waals surface area contributed by atoms with Gasteiger partial charge in [0.1, 0.15) is 0 Å². The molecule has 0 aromatic heterocycles. The summed E-state index contributed by atoms with van der Waals surface area (Å²) in [5.41, 5.74) is 5.25. The first-order chi connectivity index (χ1) is 13.8. The molecule has 0 heterocycles. The molecular formula is C27H39As. The van der Waals surface area contributed by atoms with Crippen molar-refractivity contribution in [2.24, 2.45) is 11.8 Å². The van der Waals surface area contributed by atoms with Crippen molar-refractivity contribution >= 4 is 14.7 Å². The minimum atomic E-state index is -0.845. The number of rotatable bonds is 4. The van der Waals surface area contributed by atoms with E-state index in [4.69, 9.17) is 0 Å². The van der Waals surface area contributed by atoms with Gasteiger partial charge in [-0.05, 0) is 0 Å². The number of hydrogen-bond donors (Lipinski definition) is 0. The molecule has 4 aliphatic rings. The van der Waals surface area contributed by atoms with Gasteiger partial charge in [0, 0.05) is 0 Å². The third-order valence-corrected chi connectivity index (χ3v) is 17.4. The summed E-state index contributed by atoms with van der Waals surface area (Å²) in [5.74, 6) is 2.58. The van der Waals surface area contributed by atoms with Crippen LogP contribution in [0.5, 0.6) is 0 Å². The van der Waals surface area contributed by atoms with E-state index >= 15 is 0 Å². The molecule has 0 radical (unpaired) electrons. The normalized spacial score (nSPS) is 34.5. The third-order valence-electron chi connectivity index (χ3n) is 8.97. The number of benzene rings is 1. The van der Waals surface area contributed by atoms with Gasteiger partial charge in [-0.3, -0.25) is 0 Å². The maximum absolute atomic E-state index is 2.52. The van der Waals surface area contributed by atoms with Gasteiger partial charge in [0.25, 0.3) is 0 Å². The third kappa shape index (κ3) is 3.37. The van der Waals surface area contributed by atoms with Crippen molar-refractivity contribution in [3.63, 3.8) is 0 Å². The van der Waals surface area contributed by atoms with E-state index in [1.807, 2.05) is 5.57 Å². The molecule has 4 atom stereocenters. The first kappa shape index (κ1) is 19.5. The van der Waals surface area contributed by atoms with Crippen molar-refractivity contribution in [3.8, 4) is 0 Å². The Morgan fingerprint density at radius 2 is 1.25 bits per heavy atom. The van der Waals surface area contributed by atoms with Gasteiger partial charge in [-0.25, -0.2) is 0 Å². The molecule has 3 fully saturated rings. The van der Waals surface area contributed by atoms with Crippen molar-refractivity contribution in [3.05, 3.63) is 47.0 Å². The van der Waals surface area contributed by atoms with Crippen LogP contribution in [0.3, 0.4) is 0 Å². The molecule has 1 heteroatoms. The van der Waals surface area contributed by atoms with Gasteiger partial charge in [0.05, 0.1) is 0 Å². The van der Waals surface area contributed by atoms with Crippen LogP contribution in [0.4, 0.5) is 0 Å². The van der Waals surface area contributed by atoms with Crippen molar-refractivity contribution in [2.75, 3.05) is 0 Å². The zero-order chi connectivity index (χ0) is 19.1. The van der Waals surface area contributed by atoms with E-state index in [1.54, 1.807) is 68.9 Å². The summed E-state index contributed by atoms with van der Waals surface area (Å²) in [6.07, 6.45) is 17.2. The van der Waals surface area contributed by atoms with Crippen LogP contribution in [0, 0.1) is 11.8 Å². The molecule has 0 amide bonds. The Bertz CT molecular complexity index is 674. The zero-order valence-corrected chi connectivity index (χ0v) is 20.0. The zero-order valence-electron chi connectivity index (χ0n) is 18.1. The molecule has 4 aliphatic carbocycles. The predicted molar refractivity (Wildman–Crippen MR) is 122 cm³/mol. The molecule has 0 saturated heterocycles. The Kier molecular flexibility index (Phi) is 5.80. The molecule has 3 saturated carbocycles. The number of hydrogen-bond acceptors (Lipinski definition) is 0. The second-order valence-electron chi connectivity index (χ2n) is 10.3. The van der Waals surface area contributed by atoms with E-state index < -0.39 is 14.7 Å². The predicted octanol–water partition coefficient (Wildman–Crippen LogP) is 8.29. The quantitative estimate of drug-likeness (QED) is 0.328. The van der Waals surface area contributed by atoms with E-state index in [9.17, 15) is 0 Å². The van der Waals surface area contributed by atoms with E-state index in [1.165, 1.54) is 22.3 Å². The number of fused-ring (bicyclic) bond motifs is 2. The fourth-order valence-electron chi connectivity index (χ4n) is 7.62. The molecule has 0 nitrogen and oxygen atoms in total. The summed E-state index contributed by atoms with van der Waals surface area (Å²) >= 11 is -0.845. The SMILES string of the molecule is CC1=C(C)[C@H]2C(c3ccccc3)[C@@H]1C[C@@H]2[As](C1CCCCC1)C1CCCCC1. The summed E-state index contributed by atoms with van der Waals surface area (Å²) in [7, 11) is 0. The molecule has 0 spiro atoms. The van der Waals surface area contributed by atoms with Gasteiger partial charge < -0.3 is 0 Å². The van der Waals surface area contributed by atoms with Crippen molar-refractivity contribution < 1.29 is 0 Å². The molecule has 1 aromatic rings. The first-order valence-electron chi connectivity index (χ1n) is 12.3. The fraction of sp³-hybridized carbons (Fsp3) is 0.704. The summed E-state index contributed by atoms with van der Waals surface area (Å²) < 4.78 is 3.47. The molecule has 1 unspecified atom stereocenters. The molecule has 0 N–H and O–H groups in total. The molecule has 152 valence electrons. The van der Waals surface area contributed by atoms with Crippen LogP contribution in [0.2, 0.25) is 14.1 Å². The van der Waals surface area contributed by atoms with E-state index in [-0.39, 0.29) is 0 Å². The molecule has 1 aromatic carbocycles. The summed E-state index contributed by atoms with van der Waals surface area (Å²) in [4.78, 5) is 0. The van der Waals surface area contributed by atoms with E-state index in [0.717, 1.165) is 22.5 Å². The molecule has 5 rings (SSSR count). The standard InChI is InChI=1S/C27H39As/c1-19-20(2)26-25(18-24(19)27(26)21-12-6-3-7-13-21)28(22-14-8-4-9-15-22)23-16-10-5-11-17-23/h3,6-7,12-13,22-27H,4-5,8-11,14-18H2,1-2H3/t24-,25+,26-,27?/m1/s1. The van der Waals surface area contributed by atoms with Crippen molar-refractivity contribution in [2.45, 2.75) is 105 Å². The van der Waals surface area contributed by atoms with Crippen LogP contribution >= 0.6 is 0 Å². The van der Waals surface area contributed by atoms with Gasteiger partial charge >= 0.3 is 178 Å². The Morgan fingerprint density at radius 3 is 1.82 bits per heavy atom.